The van der Waals surface area contributed by atoms with Gasteiger partial charge in [0.2, 0.25) is 15.9 Å². The second-order valence-electron chi connectivity index (χ2n) is 7.76. The molecule has 0 aliphatic carbocycles. The van der Waals surface area contributed by atoms with Crippen molar-refractivity contribution in [3.05, 3.63) is 48.0 Å². The van der Waals surface area contributed by atoms with Crippen molar-refractivity contribution in [2.75, 3.05) is 41.5 Å². The molecule has 32 heavy (non-hydrogen) atoms. The molecule has 0 N–H and O–H groups in total. The van der Waals surface area contributed by atoms with Gasteiger partial charge in [-0.25, -0.2) is 8.42 Å². The highest BCUT2D eigenvalue weighted by Crippen LogP contribution is 2.32. The number of hydrogen-bond acceptors (Lipinski definition) is 6. The average molecular weight is 463 g/mol. The van der Waals surface area contributed by atoms with Crippen LogP contribution in [0, 0.1) is 5.92 Å². The van der Waals surface area contributed by atoms with Gasteiger partial charge in [-0.15, -0.1) is 0 Å². The van der Waals surface area contributed by atoms with Crippen molar-refractivity contribution in [2.24, 2.45) is 5.92 Å². The molecular weight excluding hydrogens is 432 g/mol. The lowest BCUT2D eigenvalue weighted by Crippen LogP contribution is -2.45. The van der Waals surface area contributed by atoms with Crippen LogP contribution >= 0.6 is 0 Å². The number of carbonyl (C=O) groups is 1. The van der Waals surface area contributed by atoms with Crippen molar-refractivity contribution in [1.29, 1.82) is 0 Å². The number of piperidine rings is 1. The summed E-state index contributed by atoms with van der Waals surface area (Å²) in [5.41, 5.74) is 0.979. The minimum Gasteiger partial charge on any atom is -0.497 e. The number of hydrogen-bond donors (Lipinski definition) is 0. The van der Waals surface area contributed by atoms with E-state index < -0.39 is 10.0 Å². The Bertz CT molecular complexity index is 1040. The molecular formula is C23H30N2O6S. The monoisotopic (exact) mass is 462 g/mol. The van der Waals surface area contributed by atoms with Crippen LogP contribution in [0.2, 0.25) is 0 Å². The molecule has 1 atom stereocenters. The van der Waals surface area contributed by atoms with Crippen LogP contribution in [0.5, 0.6) is 17.2 Å². The summed E-state index contributed by atoms with van der Waals surface area (Å²) in [6.45, 7) is 0.979. The normalized spacial score (nSPS) is 16.9. The maximum absolute atomic E-state index is 13.2. The van der Waals surface area contributed by atoms with Crippen LogP contribution < -0.4 is 14.2 Å². The van der Waals surface area contributed by atoms with E-state index in [0.717, 1.165) is 11.3 Å². The maximum Gasteiger partial charge on any atom is 0.243 e. The fourth-order valence-corrected chi connectivity index (χ4v) is 5.42. The largest absolute Gasteiger partial charge is 0.497 e. The second kappa shape index (κ2) is 10.2. The van der Waals surface area contributed by atoms with E-state index in [0.29, 0.717) is 37.4 Å². The van der Waals surface area contributed by atoms with Crippen LogP contribution in [0.3, 0.4) is 0 Å². The summed E-state index contributed by atoms with van der Waals surface area (Å²) >= 11 is 0. The van der Waals surface area contributed by atoms with Gasteiger partial charge in [0.15, 0.2) is 11.5 Å². The lowest BCUT2D eigenvalue weighted by molar-refractivity contribution is -0.135. The Kier molecular flexibility index (Phi) is 7.63. The standard InChI is InChI=1S/C23H30N2O6S/c1-24(15-17-7-9-19(29-2)10-8-17)23(26)18-6-5-13-25(16-18)32(27,28)20-11-12-21(30-3)22(14-20)31-4/h7-12,14,18H,5-6,13,15-16H2,1-4H3/t18-/m1/s1. The van der Waals surface area contributed by atoms with Gasteiger partial charge >= 0.3 is 0 Å². The summed E-state index contributed by atoms with van der Waals surface area (Å²) in [6, 6.07) is 12.1. The fourth-order valence-electron chi connectivity index (χ4n) is 3.88. The molecule has 3 rings (SSSR count). The zero-order valence-corrected chi connectivity index (χ0v) is 19.7. The van der Waals surface area contributed by atoms with Crippen molar-refractivity contribution in [1.82, 2.24) is 9.21 Å². The third-order valence-corrected chi connectivity index (χ3v) is 7.54. The number of nitrogens with zero attached hydrogens (tertiary/aromatic N) is 2. The van der Waals surface area contributed by atoms with Crippen molar-refractivity contribution >= 4 is 15.9 Å². The van der Waals surface area contributed by atoms with Crippen molar-refractivity contribution in [3.8, 4) is 17.2 Å². The van der Waals surface area contributed by atoms with E-state index in [1.165, 1.54) is 30.7 Å². The van der Waals surface area contributed by atoms with Gasteiger partial charge in [0, 0.05) is 32.7 Å². The molecule has 2 aromatic rings. The van der Waals surface area contributed by atoms with E-state index in [4.69, 9.17) is 14.2 Å². The first-order chi connectivity index (χ1) is 15.3. The van der Waals surface area contributed by atoms with Gasteiger partial charge < -0.3 is 19.1 Å². The van der Waals surface area contributed by atoms with Crippen molar-refractivity contribution in [3.63, 3.8) is 0 Å². The number of carbonyl (C=O) groups excluding carboxylic acids is 1. The molecule has 1 fully saturated rings. The molecule has 1 heterocycles. The van der Waals surface area contributed by atoms with E-state index in [1.54, 1.807) is 25.1 Å². The third-order valence-electron chi connectivity index (χ3n) is 5.68. The van der Waals surface area contributed by atoms with E-state index in [1.807, 2.05) is 24.3 Å². The molecule has 0 bridgehead atoms. The molecule has 174 valence electrons. The van der Waals surface area contributed by atoms with Gasteiger partial charge in [0.1, 0.15) is 5.75 Å². The van der Waals surface area contributed by atoms with Gasteiger partial charge in [0.05, 0.1) is 32.1 Å². The Balaban J connectivity index is 1.71. The lowest BCUT2D eigenvalue weighted by atomic mass is 9.98. The van der Waals surface area contributed by atoms with Crippen LogP contribution in [-0.2, 0) is 21.4 Å². The van der Waals surface area contributed by atoms with Crippen LogP contribution in [0.25, 0.3) is 0 Å². The third kappa shape index (κ3) is 5.16. The summed E-state index contributed by atoms with van der Waals surface area (Å²) in [5.74, 6) is 1.11. The van der Waals surface area contributed by atoms with Crippen LogP contribution in [0.1, 0.15) is 18.4 Å². The molecule has 1 aliphatic rings. The molecule has 1 aliphatic heterocycles. The Hall–Kier alpha value is -2.78. The summed E-state index contributed by atoms with van der Waals surface area (Å²) < 4.78 is 43.5. The predicted molar refractivity (Wildman–Crippen MR) is 120 cm³/mol. The zero-order chi connectivity index (χ0) is 23.3. The topological polar surface area (TPSA) is 85.4 Å². The van der Waals surface area contributed by atoms with Gasteiger partial charge in [-0.1, -0.05) is 12.1 Å². The van der Waals surface area contributed by atoms with E-state index in [-0.39, 0.29) is 23.3 Å². The molecule has 1 saturated heterocycles. The first-order valence-electron chi connectivity index (χ1n) is 10.4. The van der Waals surface area contributed by atoms with Crippen LogP contribution in [0.4, 0.5) is 0 Å². The quantitative estimate of drug-likeness (QED) is 0.600. The summed E-state index contributed by atoms with van der Waals surface area (Å²) in [4.78, 5) is 14.8. The fraction of sp³-hybridized carbons (Fsp3) is 0.435. The molecule has 0 saturated carbocycles. The molecule has 0 spiro atoms. The van der Waals surface area contributed by atoms with Gasteiger partial charge in [-0.05, 0) is 42.7 Å². The maximum atomic E-state index is 13.2. The van der Waals surface area contributed by atoms with E-state index >= 15 is 0 Å². The summed E-state index contributed by atoms with van der Waals surface area (Å²) in [6.07, 6.45) is 1.28. The molecule has 0 aromatic heterocycles. The SMILES string of the molecule is COc1ccc(CN(C)C(=O)[C@@H]2CCCN(S(=O)(=O)c3ccc(OC)c(OC)c3)C2)cc1. The first kappa shape index (κ1) is 23.9. The van der Waals surface area contributed by atoms with Crippen molar-refractivity contribution < 1.29 is 27.4 Å². The lowest BCUT2D eigenvalue weighted by Gasteiger charge is -2.33. The number of rotatable bonds is 8. The number of methoxy groups -OCH3 is 3. The number of benzene rings is 2. The minimum absolute atomic E-state index is 0.0620. The van der Waals surface area contributed by atoms with E-state index in [9.17, 15) is 13.2 Å². The number of amides is 1. The Morgan fingerprint density at radius 1 is 1.03 bits per heavy atom. The molecule has 8 nitrogen and oxygen atoms in total. The van der Waals surface area contributed by atoms with Crippen molar-refractivity contribution in [2.45, 2.75) is 24.3 Å². The highest BCUT2D eigenvalue weighted by molar-refractivity contribution is 7.89. The number of ether oxygens (including phenoxy) is 3. The Labute approximate surface area is 189 Å². The zero-order valence-electron chi connectivity index (χ0n) is 18.9. The van der Waals surface area contributed by atoms with E-state index in [2.05, 4.69) is 0 Å². The summed E-state index contributed by atoms with van der Waals surface area (Å²) in [7, 11) is 2.54. The second-order valence-corrected chi connectivity index (χ2v) is 9.70. The first-order valence-corrected chi connectivity index (χ1v) is 11.8. The molecule has 9 heteroatoms. The minimum atomic E-state index is -3.77. The van der Waals surface area contributed by atoms with Gasteiger partial charge in [0.25, 0.3) is 0 Å². The Morgan fingerprint density at radius 3 is 2.34 bits per heavy atom. The predicted octanol–water partition coefficient (Wildman–Crippen LogP) is 2.77. The average Bonchev–Trinajstić information content (AvgIpc) is 2.83. The molecule has 0 radical (unpaired) electrons. The molecule has 1 amide bonds. The summed E-state index contributed by atoms with van der Waals surface area (Å²) in [5, 5.41) is 0. The van der Waals surface area contributed by atoms with Gasteiger partial charge in [-0.3, -0.25) is 4.79 Å². The molecule has 2 aromatic carbocycles. The van der Waals surface area contributed by atoms with Crippen LogP contribution in [-0.4, -0.2) is 65.0 Å². The van der Waals surface area contributed by atoms with Gasteiger partial charge in [-0.2, -0.15) is 4.31 Å². The smallest absolute Gasteiger partial charge is 0.243 e. The highest BCUT2D eigenvalue weighted by atomic mass is 32.2. The number of sulfonamides is 1. The molecule has 0 unspecified atom stereocenters. The highest BCUT2D eigenvalue weighted by Gasteiger charge is 2.34. The Morgan fingerprint density at radius 2 is 1.72 bits per heavy atom. The van der Waals surface area contributed by atoms with Crippen LogP contribution in [0.15, 0.2) is 47.4 Å².